The number of ether oxygens (including phenoxy) is 2. The maximum Gasteiger partial charge on any atom is 0.307 e. The first-order valence-corrected chi connectivity index (χ1v) is 9.56. The van der Waals surface area contributed by atoms with Crippen molar-refractivity contribution in [2.24, 2.45) is 0 Å². The molecule has 0 heterocycles. The second-order valence-corrected chi connectivity index (χ2v) is 7.40. The lowest BCUT2D eigenvalue weighted by Gasteiger charge is -2.21. The minimum absolute atomic E-state index is 0.00433. The van der Waals surface area contributed by atoms with E-state index in [4.69, 9.17) is 9.47 Å². The van der Waals surface area contributed by atoms with Crippen molar-refractivity contribution >= 4 is 26.8 Å². The van der Waals surface area contributed by atoms with Gasteiger partial charge in [0.25, 0.3) is 0 Å². The summed E-state index contributed by atoms with van der Waals surface area (Å²) in [4.78, 5) is 11.8. The molecule has 0 aliphatic heterocycles. The van der Waals surface area contributed by atoms with Gasteiger partial charge in [0, 0.05) is 20.2 Å². The molecule has 0 saturated heterocycles. The Morgan fingerprint density at radius 3 is 2.48 bits per heavy atom. The van der Waals surface area contributed by atoms with E-state index in [0.717, 1.165) is 10.8 Å². The molecule has 0 amide bonds. The Bertz CT molecular complexity index is 819. The van der Waals surface area contributed by atoms with Crippen LogP contribution in [0.25, 0.3) is 10.8 Å². The zero-order valence-corrected chi connectivity index (χ0v) is 15.3. The molecule has 2 rings (SSSR count). The second kappa shape index (κ2) is 8.94. The summed E-state index contributed by atoms with van der Waals surface area (Å²) in [6, 6.07) is 12.6. The normalized spacial score (nSPS) is 11.8. The van der Waals surface area contributed by atoms with Gasteiger partial charge >= 0.3 is 5.97 Å². The summed E-state index contributed by atoms with van der Waals surface area (Å²) in [7, 11) is -2.22. The smallest absolute Gasteiger partial charge is 0.307 e. The molecule has 0 fully saturated rings. The molecule has 25 heavy (non-hydrogen) atoms. The van der Waals surface area contributed by atoms with E-state index in [9.17, 15) is 13.2 Å². The van der Waals surface area contributed by atoms with Crippen LogP contribution >= 0.6 is 0 Å². The van der Waals surface area contributed by atoms with Crippen molar-refractivity contribution in [3.8, 4) is 0 Å². The van der Waals surface area contributed by atoms with Crippen LogP contribution in [0.4, 0.5) is 0 Å². The average Bonchev–Trinajstić information content (AvgIpc) is 2.61. The van der Waals surface area contributed by atoms with Crippen molar-refractivity contribution in [1.29, 1.82) is 0 Å². The van der Waals surface area contributed by atoms with E-state index in [1.807, 2.05) is 24.3 Å². The molecule has 6 nitrogen and oxygen atoms in total. The van der Waals surface area contributed by atoms with Gasteiger partial charge in [0.15, 0.2) is 0 Å². The van der Waals surface area contributed by atoms with Crippen LogP contribution in [0.3, 0.4) is 0 Å². The Morgan fingerprint density at radius 2 is 1.80 bits per heavy atom. The third-order valence-corrected chi connectivity index (χ3v) is 5.67. The standard InChI is InChI=1S/C18H23NO5S/c1-3-24-18(20)10-11-19(12-13-23-2)25(21,22)17-9-8-15-6-4-5-7-16(15)14-17/h4-9,14H,3,10-13H2,1-2H3. The summed E-state index contributed by atoms with van der Waals surface area (Å²) in [5, 5.41) is 1.82. The van der Waals surface area contributed by atoms with Gasteiger partial charge in [0.05, 0.1) is 24.5 Å². The monoisotopic (exact) mass is 365 g/mol. The molecule has 0 saturated carbocycles. The summed E-state index contributed by atoms with van der Waals surface area (Å²) in [5.74, 6) is -0.418. The van der Waals surface area contributed by atoms with E-state index in [2.05, 4.69) is 0 Å². The zero-order valence-electron chi connectivity index (χ0n) is 14.5. The third-order valence-electron chi connectivity index (χ3n) is 3.77. The SMILES string of the molecule is CCOC(=O)CCN(CCOC)S(=O)(=O)c1ccc2ccccc2c1. The van der Waals surface area contributed by atoms with E-state index in [1.165, 1.54) is 11.4 Å². The summed E-state index contributed by atoms with van der Waals surface area (Å²) in [6.07, 6.45) is 0.00433. The molecule has 0 aliphatic rings. The van der Waals surface area contributed by atoms with Crippen LogP contribution in [0.2, 0.25) is 0 Å². The lowest BCUT2D eigenvalue weighted by molar-refractivity contribution is -0.143. The van der Waals surface area contributed by atoms with Gasteiger partial charge in [-0.1, -0.05) is 30.3 Å². The molecule has 0 atom stereocenters. The van der Waals surface area contributed by atoms with E-state index < -0.39 is 16.0 Å². The summed E-state index contributed by atoms with van der Waals surface area (Å²) in [6.45, 7) is 2.46. The molecule has 7 heteroatoms. The van der Waals surface area contributed by atoms with Crippen molar-refractivity contribution < 1.29 is 22.7 Å². The van der Waals surface area contributed by atoms with Crippen LogP contribution in [-0.4, -0.2) is 52.1 Å². The number of hydrogen-bond donors (Lipinski definition) is 0. The maximum absolute atomic E-state index is 13.0. The Hall–Kier alpha value is -1.96. The fourth-order valence-corrected chi connectivity index (χ4v) is 3.93. The fourth-order valence-electron chi connectivity index (χ4n) is 2.47. The highest BCUT2D eigenvalue weighted by Gasteiger charge is 2.25. The number of carbonyl (C=O) groups excluding carboxylic acids is 1. The van der Waals surface area contributed by atoms with Gasteiger partial charge in [-0.15, -0.1) is 0 Å². The number of hydrogen-bond acceptors (Lipinski definition) is 5. The molecule has 0 aromatic heterocycles. The molecule has 0 spiro atoms. The first-order chi connectivity index (χ1) is 12.0. The van der Waals surface area contributed by atoms with Crippen LogP contribution < -0.4 is 0 Å². The fraction of sp³-hybridized carbons (Fsp3) is 0.389. The molecule has 0 N–H and O–H groups in total. The highest BCUT2D eigenvalue weighted by Crippen LogP contribution is 2.22. The van der Waals surface area contributed by atoms with E-state index in [0.29, 0.717) is 0 Å². The highest BCUT2D eigenvalue weighted by atomic mass is 32.2. The molecule has 0 aliphatic carbocycles. The Morgan fingerprint density at radius 1 is 1.08 bits per heavy atom. The number of nitrogens with zero attached hydrogens (tertiary/aromatic N) is 1. The number of carbonyl (C=O) groups is 1. The quantitative estimate of drug-likeness (QED) is 0.638. The van der Waals surface area contributed by atoms with Crippen LogP contribution in [0, 0.1) is 0 Å². The Kier molecular flexibility index (Phi) is 6.92. The van der Waals surface area contributed by atoms with Crippen LogP contribution in [-0.2, 0) is 24.3 Å². The van der Waals surface area contributed by atoms with Gasteiger partial charge in [0.2, 0.25) is 10.0 Å². The lowest BCUT2D eigenvalue weighted by Crippen LogP contribution is -2.35. The van der Waals surface area contributed by atoms with E-state index in [-0.39, 0.29) is 37.6 Å². The third kappa shape index (κ3) is 5.01. The van der Waals surface area contributed by atoms with Crippen molar-refractivity contribution in [3.05, 3.63) is 42.5 Å². The van der Waals surface area contributed by atoms with Crippen LogP contribution in [0.5, 0.6) is 0 Å². The molecule has 0 radical (unpaired) electrons. The first-order valence-electron chi connectivity index (χ1n) is 8.12. The van der Waals surface area contributed by atoms with Gasteiger partial charge in [-0.25, -0.2) is 8.42 Å². The minimum Gasteiger partial charge on any atom is -0.466 e. The molecule has 0 bridgehead atoms. The Balaban J connectivity index is 2.26. The molecule has 136 valence electrons. The zero-order chi connectivity index (χ0) is 18.3. The number of rotatable bonds is 9. The van der Waals surface area contributed by atoms with E-state index >= 15 is 0 Å². The Labute approximate surface area is 148 Å². The topological polar surface area (TPSA) is 72.9 Å². The average molecular weight is 365 g/mol. The maximum atomic E-state index is 13.0. The number of methoxy groups -OCH3 is 1. The van der Waals surface area contributed by atoms with Gasteiger partial charge in [-0.2, -0.15) is 4.31 Å². The van der Waals surface area contributed by atoms with Crippen molar-refractivity contribution in [2.75, 3.05) is 33.4 Å². The van der Waals surface area contributed by atoms with Crippen LogP contribution in [0.15, 0.2) is 47.4 Å². The molecule has 2 aromatic rings. The van der Waals surface area contributed by atoms with Gasteiger partial charge in [0.1, 0.15) is 0 Å². The number of benzene rings is 2. The predicted octanol–water partition coefficient (Wildman–Crippen LogP) is 2.43. The molecule has 2 aromatic carbocycles. The predicted molar refractivity (Wildman–Crippen MR) is 95.8 cm³/mol. The molecular weight excluding hydrogens is 342 g/mol. The van der Waals surface area contributed by atoms with Gasteiger partial charge in [-0.3, -0.25) is 4.79 Å². The second-order valence-electron chi connectivity index (χ2n) is 5.46. The van der Waals surface area contributed by atoms with E-state index in [1.54, 1.807) is 25.1 Å². The molecular formula is C18H23NO5S. The lowest BCUT2D eigenvalue weighted by atomic mass is 10.1. The van der Waals surface area contributed by atoms with Crippen molar-refractivity contribution in [2.45, 2.75) is 18.2 Å². The van der Waals surface area contributed by atoms with Crippen molar-refractivity contribution in [3.63, 3.8) is 0 Å². The largest absolute Gasteiger partial charge is 0.466 e. The number of esters is 1. The van der Waals surface area contributed by atoms with Crippen LogP contribution in [0.1, 0.15) is 13.3 Å². The summed E-state index contributed by atoms with van der Waals surface area (Å²) < 4.78 is 37.1. The minimum atomic E-state index is -3.73. The summed E-state index contributed by atoms with van der Waals surface area (Å²) in [5.41, 5.74) is 0. The number of fused-ring (bicyclic) bond motifs is 1. The first kappa shape index (κ1) is 19.4. The molecule has 0 unspecified atom stereocenters. The van der Waals surface area contributed by atoms with Gasteiger partial charge < -0.3 is 9.47 Å². The summed E-state index contributed by atoms with van der Waals surface area (Å²) >= 11 is 0. The van der Waals surface area contributed by atoms with Crippen molar-refractivity contribution in [1.82, 2.24) is 4.31 Å². The van der Waals surface area contributed by atoms with Gasteiger partial charge in [-0.05, 0) is 29.8 Å². The highest BCUT2D eigenvalue weighted by molar-refractivity contribution is 7.89. The number of sulfonamides is 1.